The Bertz CT molecular complexity index is 1500. The van der Waals surface area contributed by atoms with Gasteiger partial charge >= 0.3 is 0 Å². The third-order valence-corrected chi connectivity index (χ3v) is 7.00. The van der Waals surface area contributed by atoms with Gasteiger partial charge in [0.1, 0.15) is 23.4 Å². The second-order valence-electron chi connectivity index (χ2n) is 9.63. The van der Waals surface area contributed by atoms with Crippen molar-refractivity contribution in [2.45, 2.75) is 32.1 Å². The Hall–Kier alpha value is -4.21. The molecule has 194 valence electrons. The minimum atomic E-state index is -0.168. The Balaban J connectivity index is 1.20. The average molecular weight is 512 g/mol. The maximum Gasteiger partial charge on any atom is 0.249 e. The van der Waals surface area contributed by atoms with E-state index in [2.05, 4.69) is 49.4 Å². The number of aromatic amines is 1. The Morgan fingerprint density at radius 1 is 1.16 bits per heavy atom. The molecule has 0 aliphatic carbocycles. The van der Waals surface area contributed by atoms with Crippen LogP contribution in [0, 0.1) is 0 Å². The molecule has 2 aliphatic rings. The molecule has 2 unspecified atom stereocenters. The van der Waals surface area contributed by atoms with Crippen molar-refractivity contribution in [1.82, 2.24) is 15.0 Å². The van der Waals surface area contributed by atoms with Gasteiger partial charge in [-0.05, 0) is 36.8 Å². The number of para-hydroxylation sites is 1. The van der Waals surface area contributed by atoms with Crippen LogP contribution in [0.3, 0.4) is 0 Å². The highest BCUT2D eigenvalue weighted by Crippen LogP contribution is 2.43. The topological polar surface area (TPSA) is 113 Å². The molecule has 9 heteroatoms. The zero-order valence-electron chi connectivity index (χ0n) is 21.1. The highest BCUT2D eigenvalue weighted by atomic mass is 16.5. The molecular formula is C29H29N5O4. The molecule has 3 N–H and O–H groups in total. The van der Waals surface area contributed by atoms with Crippen molar-refractivity contribution in [3.05, 3.63) is 106 Å². The molecule has 2 aliphatic heterocycles. The van der Waals surface area contributed by atoms with Crippen LogP contribution in [0.15, 0.2) is 71.9 Å². The van der Waals surface area contributed by atoms with Gasteiger partial charge in [0.2, 0.25) is 5.56 Å². The van der Waals surface area contributed by atoms with Gasteiger partial charge in [-0.3, -0.25) is 4.79 Å². The fourth-order valence-corrected chi connectivity index (χ4v) is 5.03. The van der Waals surface area contributed by atoms with Gasteiger partial charge < -0.3 is 29.8 Å². The summed E-state index contributed by atoms with van der Waals surface area (Å²) >= 11 is 0. The third kappa shape index (κ3) is 4.85. The van der Waals surface area contributed by atoms with Gasteiger partial charge in [0, 0.05) is 72.2 Å². The predicted molar refractivity (Wildman–Crippen MR) is 144 cm³/mol. The van der Waals surface area contributed by atoms with E-state index in [1.807, 2.05) is 25.1 Å². The van der Waals surface area contributed by atoms with Crippen LogP contribution in [-0.2, 0) is 17.8 Å². The van der Waals surface area contributed by atoms with E-state index in [4.69, 9.17) is 9.47 Å². The van der Waals surface area contributed by atoms with Gasteiger partial charge in [0.15, 0.2) is 0 Å². The molecule has 4 heterocycles. The van der Waals surface area contributed by atoms with Crippen molar-refractivity contribution in [3.63, 3.8) is 0 Å². The summed E-state index contributed by atoms with van der Waals surface area (Å²) in [5, 5.41) is 12.7. The van der Waals surface area contributed by atoms with Crippen molar-refractivity contribution >= 4 is 11.4 Å². The largest absolute Gasteiger partial charge is 0.456 e. The lowest BCUT2D eigenvalue weighted by Gasteiger charge is -2.36. The second-order valence-corrected chi connectivity index (χ2v) is 9.63. The number of aromatic nitrogens is 3. The number of aliphatic hydroxyl groups is 1. The number of benzene rings is 2. The number of aliphatic hydroxyl groups excluding tert-OH is 1. The lowest BCUT2D eigenvalue weighted by Crippen LogP contribution is -2.39. The molecule has 0 spiro atoms. The molecular weight excluding hydrogens is 482 g/mol. The highest BCUT2D eigenvalue weighted by molar-refractivity contribution is 5.59. The molecule has 4 aromatic rings. The first-order valence-electron chi connectivity index (χ1n) is 12.7. The molecule has 1 saturated heterocycles. The van der Waals surface area contributed by atoms with Gasteiger partial charge in [-0.25, -0.2) is 9.97 Å². The zero-order chi connectivity index (χ0) is 26.1. The van der Waals surface area contributed by atoms with Gasteiger partial charge in [-0.15, -0.1) is 0 Å². The zero-order valence-corrected chi connectivity index (χ0v) is 21.1. The van der Waals surface area contributed by atoms with Crippen LogP contribution in [0.25, 0.3) is 0 Å². The maximum atomic E-state index is 11.8. The van der Waals surface area contributed by atoms with Crippen molar-refractivity contribution in [1.29, 1.82) is 0 Å². The molecule has 6 rings (SSSR count). The van der Waals surface area contributed by atoms with E-state index in [-0.39, 0.29) is 24.3 Å². The number of hydrogen-bond donors (Lipinski definition) is 3. The lowest BCUT2D eigenvalue weighted by molar-refractivity contribution is 0.0384. The third-order valence-electron chi connectivity index (χ3n) is 7.00. The molecule has 1 fully saturated rings. The quantitative estimate of drug-likeness (QED) is 0.312. The van der Waals surface area contributed by atoms with Crippen molar-refractivity contribution in [2.24, 2.45) is 0 Å². The number of fused-ring (bicyclic) bond motifs is 2. The number of pyridine rings is 1. The smallest absolute Gasteiger partial charge is 0.249 e. The molecule has 2 aromatic heterocycles. The normalized spacial score (nSPS) is 17.2. The number of hydrogen-bond acceptors (Lipinski definition) is 8. The number of rotatable bonds is 6. The summed E-state index contributed by atoms with van der Waals surface area (Å²) < 4.78 is 12.6. The van der Waals surface area contributed by atoms with Crippen LogP contribution < -0.4 is 20.5 Å². The van der Waals surface area contributed by atoms with Gasteiger partial charge in [-0.1, -0.05) is 18.2 Å². The van der Waals surface area contributed by atoms with Crippen LogP contribution in [0.5, 0.6) is 11.5 Å². The summed E-state index contributed by atoms with van der Waals surface area (Å²) in [6, 6.07) is 15.7. The molecule has 38 heavy (non-hydrogen) atoms. The van der Waals surface area contributed by atoms with Gasteiger partial charge in [0.05, 0.1) is 19.3 Å². The van der Waals surface area contributed by atoms with E-state index < -0.39 is 0 Å². The monoisotopic (exact) mass is 511 g/mol. The first-order chi connectivity index (χ1) is 18.6. The van der Waals surface area contributed by atoms with Gasteiger partial charge in [-0.2, -0.15) is 0 Å². The summed E-state index contributed by atoms with van der Waals surface area (Å²) in [5.41, 5.74) is 5.64. The first kappa shape index (κ1) is 24.1. The van der Waals surface area contributed by atoms with Crippen molar-refractivity contribution < 1.29 is 14.6 Å². The lowest BCUT2D eigenvalue weighted by atomic mass is 9.95. The minimum Gasteiger partial charge on any atom is -0.456 e. The summed E-state index contributed by atoms with van der Waals surface area (Å²) in [7, 11) is 0. The average Bonchev–Trinajstić information content (AvgIpc) is 2.96. The number of ether oxygens (including phenoxy) is 2. The highest BCUT2D eigenvalue weighted by Gasteiger charge is 2.29. The van der Waals surface area contributed by atoms with E-state index in [9.17, 15) is 9.90 Å². The van der Waals surface area contributed by atoms with E-state index in [0.717, 1.165) is 52.5 Å². The fourth-order valence-electron chi connectivity index (χ4n) is 5.03. The first-order valence-corrected chi connectivity index (χ1v) is 12.7. The molecule has 2 aromatic carbocycles. The SMILES string of the molecule is CC(Nc1ccc2c(c1)Cc1cccc(C3CN(c4cc[nH]c(=O)c4)CCO3)c1O2)c1ncc(CO)cn1. The predicted octanol–water partition coefficient (Wildman–Crippen LogP) is 4.10. The number of morpholine rings is 1. The summed E-state index contributed by atoms with van der Waals surface area (Å²) in [4.78, 5) is 25.4. The number of nitrogens with one attached hydrogen (secondary N) is 2. The van der Waals surface area contributed by atoms with E-state index in [0.29, 0.717) is 24.5 Å². The maximum absolute atomic E-state index is 11.8. The summed E-state index contributed by atoms with van der Waals surface area (Å²) in [6.07, 6.45) is 5.54. The minimum absolute atomic E-state index is 0.0740. The summed E-state index contributed by atoms with van der Waals surface area (Å²) in [5.74, 6) is 2.34. The summed E-state index contributed by atoms with van der Waals surface area (Å²) in [6.45, 7) is 3.86. The van der Waals surface area contributed by atoms with Crippen LogP contribution >= 0.6 is 0 Å². The Labute approximate surface area is 220 Å². The molecule has 2 atom stereocenters. The van der Waals surface area contributed by atoms with Gasteiger partial charge in [0.25, 0.3) is 0 Å². The standard InChI is InChI=1S/C29H29N5O4/c1-18(29-31-14-19(17-35)15-32-29)33-22-5-6-25-21(12-22)11-20-3-2-4-24(28(20)38-25)26-16-34(9-10-37-26)23-7-8-30-27(36)13-23/h2-8,12-15,18,26,33,35H,9-11,16-17H2,1H3,(H,30,36). The molecule has 0 bridgehead atoms. The Kier molecular flexibility index (Phi) is 6.53. The molecule has 0 saturated carbocycles. The van der Waals surface area contributed by atoms with Crippen LogP contribution in [0.2, 0.25) is 0 Å². The molecule has 0 amide bonds. The van der Waals surface area contributed by atoms with Crippen LogP contribution in [0.1, 0.15) is 47.1 Å². The van der Waals surface area contributed by atoms with E-state index in [1.165, 1.54) is 0 Å². The van der Waals surface area contributed by atoms with E-state index in [1.54, 1.807) is 24.7 Å². The number of nitrogens with zero attached hydrogens (tertiary/aromatic N) is 3. The van der Waals surface area contributed by atoms with Crippen molar-refractivity contribution in [3.8, 4) is 11.5 Å². The van der Waals surface area contributed by atoms with E-state index >= 15 is 0 Å². The number of H-pyrrole nitrogens is 1. The van der Waals surface area contributed by atoms with Crippen LogP contribution in [-0.4, -0.2) is 39.8 Å². The Morgan fingerprint density at radius 2 is 2.03 bits per heavy atom. The Morgan fingerprint density at radius 3 is 2.84 bits per heavy atom. The molecule has 0 radical (unpaired) electrons. The van der Waals surface area contributed by atoms with Crippen molar-refractivity contribution in [2.75, 3.05) is 29.9 Å². The number of anilines is 2. The second kappa shape index (κ2) is 10.3. The fraction of sp³-hybridized carbons (Fsp3) is 0.276. The van der Waals surface area contributed by atoms with Crippen LogP contribution in [0.4, 0.5) is 11.4 Å². The molecule has 9 nitrogen and oxygen atoms in total.